The lowest BCUT2D eigenvalue weighted by Crippen LogP contribution is -2.08. The predicted molar refractivity (Wildman–Crippen MR) is 85.6 cm³/mol. The quantitative estimate of drug-likeness (QED) is 0.544. The van der Waals surface area contributed by atoms with Crippen LogP contribution in [0.2, 0.25) is 0 Å². The number of esters is 1. The molecule has 0 fully saturated rings. The van der Waals surface area contributed by atoms with Crippen molar-refractivity contribution in [2.24, 2.45) is 0 Å². The van der Waals surface area contributed by atoms with Crippen molar-refractivity contribution in [2.75, 3.05) is 27.9 Å². The van der Waals surface area contributed by atoms with Crippen LogP contribution in [0.3, 0.4) is 0 Å². The standard InChI is InChI=1S/C17H24O5/c1-6-8-12(17(18)22-7-2)9-14-15(20-4)10-13(19-3)11-16(14)21-5/h9-11H,6-8H2,1-5H3. The minimum Gasteiger partial charge on any atom is -0.496 e. The van der Waals surface area contributed by atoms with E-state index in [1.807, 2.05) is 6.92 Å². The lowest BCUT2D eigenvalue weighted by Gasteiger charge is -2.14. The van der Waals surface area contributed by atoms with Gasteiger partial charge >= 0.3 is 5.97 Å². The number of carbonyl (C=O) groups excluding carboxylic acids is 1. The Morgan fingerprint density at radius 3 is 2.05 bits per heavy atom. The number of methoxy groups -OCH3 is 3. The van der Waals surface area contributed by atoms with E-state index in [4.69, 9.17) is 18.9 Å². The molecule has 122 valence electrons. The largest absolute Gasteiger partial charge is 0.496 e. The van der Waals surface area contributed by atoms with Gasteiger partial charge in [-0.1, -0.05) is 13.3 Å². The molecule has 0 radical (unpaired) electrons. The zero-order valence-corrected chi connectivity index (χ0v) is 13.9. The van der Waals surface area contributed by atoms with Crippen LogP contribution in [0.15, 0.2) is 17.7 Å². The maximum Gasteiger partial charge on any atom is 0.334 e. The monoisotopic (exact) mass is 308 g/mol. The molecule has 1 aromatic rings. The van der Waals surface area contributed by atoms with Crippen molar-refractivity contribution in [3.63, 3.8) is 0 Å². The van der Waals surface area contributed by atoms with E-state index in [0.29, 0.717) is 41.4 Å². The molecule has 0 aliphatic rings. The van der Waals surface area contributed by atoms with Gasteiger partial charge in [0, 0.05) is 17.7 Å². The van der Waals surface area contributed by atoms with Gasteiger partial charge in [-0.3, -0.25) is 0 Å². The fraction of sp³-hybridized carbons (Fsp3) is 0.471. The molecular weight excluding hydrogens is 284 g/mol. The summed E-state index contributed by atoms with van der Waals surface area (Å²) in [6, 6.07) is 3.51. The lowest BCUT2D eigenvalue weighted by molar-refractivity contribution is -0.138. The SMILES string of the molecule is CCCC(=Cc1c(OC)cc(OC)cc1OC)C(=O)OCC. The Labute approximate surface area is 131 Å². The van der Waals surface area contributed by atoms with E-state index in [9.17, 15) is 4.79 Å². The molecule has 5 nitrogen and oxygen atoms in total. The van der Waals surface area contributed by atoms with Crippen molar-refractivity contribution >= 4 is 12.0 Å². The van der Waals surface area contributed by atoms with Gasteiger partial charge in [0.25, 0.3) is 0 Å². The van der Waals surface area contributed by atoms with Crippen LogP contribution in [-0.4, -0.2) is 33.9 Å². The highest BCUT2D eigenvalue weighted by molar-refractivity contribution is 5.94. The van der Waals surface area contributed by atoms with Crippen molar-refractivity contribution < 1.29 is 23.7 Å². The van der Waals surface area contributed by atoms with Gasteiger partial charge in [-0.15, -0.1) is 0 Å². The van der Waals surface area contributed by atoms with Crippen LogP contribution in [0, 0.1) is 0 Å². The van der Waals surface area contributed by atoms with Crippen molar-refractivity contribution in [1.29, 1.82) is 0 Å². The zero-order chi connectivity index (χ0) is 16.5. The predicted octanol–water partition coefficient (Wildman–Crippen LogP) is 3.46. The highest BCUT2D eigenvalue weighted by Gasteiger charge is 2.16. The van der Waals surface area contributed by atoms with Gasteiger partial charge in [-0.25, -0.2) is 4.79 Å². The Morgan fingerprint density at radius 1 is 1.05 bits per heavy atom. The minimum absolute atomic E-state index is 0.315. The first-order valence-corrected chi connectivity index (χ1v) is 7.28. The lowest BCUT2D eigenvalue weighted by atomic mass is 10.0. The van der Waals surface area contributed by atoms with Crippen LogP contribution >= 0.6 is 0 Å². The van der Waals surface area contributed by atoms with Crippen LogP contribution in [0.5, 0.6) is 17.2 Å². The number of hydrogen-bond donors (Lipinski definition) is 0. The van der Waals surface area contributed by atoms with E-state index in [2.05, 4.69) is 0 Å². The van der Waals surface area contributed by atoms with Crippen LogP contribution in [-0.2, 0) is 9.53 Å². The highest BCUT2D eigenvalue weighted by atomic mass is 16.5. The van der Waals surface area contributed by atoms with Gasteiger partial charge < -0.3 is 18.9 Å². The molecule has 0 saturated heterocycles. The molecule has 0 saturated carbocycles. The summed E-state index contributed by atoms with van der Waals surface area (Å²) in [6.45, 7) is 4.14. The third-order valence-corrected chi connectivity index (χ3v) is 3.13. The first kappa shape index (κ1) is 17.9. The molecule has 1 rings (SSSR count). The summed E-state index contributed by atoms with van der Waals surface area (Å²) in [7, 11) is 4.70. The van der Waals surface area contributed by atoms with Gasteiger partial charge in [0.15, 0.2) is 0 Å². The molecule has 0 heterocycles. The fourth-order valence-electron chi connectivity index (χ4n) is 2.08. The Hall–Kier alpha value is -2.17. The fourth-order valence-corrected chi connectivity index (χ4v) is 2.08. The van der Waals surface area contributed by atoms with Crippen LogP contribution < -0.4 is 14.2 Å². The Morgan fingerprint density at radius 2 is 1.64 bits per heavy atom. The van der Waals surface area contributed by atoms with Gasteiger partial charge in [-0.05, 0) is 19.4 Å². The maximum absolute atomic E-state index is 12.1. The van der Waals surface area contributed by atoms with Crippen LogP contribution in [0.4, 0.5) is 0 Å². The second-order valence-electron chi connectivity index (χ2n) is 4.59. The van der Waals surface area contributed by atoms with Gasteiger partial charge in [-0.2, -0.15) is 0 Å². The molecule has 0 aromatic heterocycles. The summed E-state index contributed by atoms with van der Waals surface area (Å²) >= 11 is 0. The molecule has 22 heavy (non-hydrogen) atoms. The number of benzene rings is 1. The second-order valence-corrected chi connectivity index (χ2v) is 4.59. The zero-order valence-electron chi connectivity index (χ0n) is 13.9. The summed E-state index contributed by atoms with van der Waals surface area (Å²) < 4.78 is 21.1. The Balaban J connectivity index is 3.37. The first-order chi connectivity index (χ1) is 10.6. The van der Waals surface area contributed by atoms with Gasteiger partial charge in [0.2, 0.25) is 0 Å². The molecular formula is C17H24O5. The topological polar surface area (TPSA) is 54.0 Å². The van der Waals surface area contributed by atoms with Crippen LogP contribution in [0.25, 0.3) is 6.08 Å². The second kappa shape index (κ2) is 8.97. The van der Waals surface area contributed by atoms with Crippen LogP contribution in [0.1, 0.15) is 32.3 Å². The molecule has 0 amide bonds. The summed E-state index contributed by atoms with van der Waals surface area (Å²) in [5, 5.41) is 0. The van der Waals surface area contributed by atoms with Gasteiger partial charge in [0.05, 0.1) is 33.5 Å². The molecule has 0 atom stereocenters. The highest BCUT2D eigenvalue weighted by Crippen LogP contribution is 2.36. The average Bonchev–Trinajstić information content (AvgIpc) is 2.54. The molecule has 0 aliphatic heterocycles. The molecule has 0 N–H and O–H groups in total. The summed E-state index contributed by atoms with van der Waals surface area (Å²) in [5.74, 6) is 1.46. The Bertz CT molecular complexity index is 509. The summed E-state index contributed by atoms with van der Waals surface area (Å²) in [4.78, 5) is 12.1. The number of ether oxygens (including phenoxy) is 4. The first-order valence-electron chi connectivity index (χ1n) is 7.28. The number of carbonyl (C=O) groups is 1. The summed E-state index contributed by atoms with van der Waals surface area (Å²) in [5.41, 5.74) is 1.29. The van der Waals surface area contributed by atoms with E-state index in [0.717, 1.165) is 6.42 Å². The third-order valence-electron chi connectivity index (χ3n) is 3.13. The molecule has 0 aliphatic carbocycles. The van der Waals surface area contributed by atoms with Crippen molar-refractivity contribution in [3.8, 4) is 17.2 Å². The molecule has 1 aromatic carbocycles. The van der Waals surface area contributed by atoms with E-state index < -0.39 is 0 Å². The smallest absolute Gasteiger partial charge is 0.334 e. The normalized spacial score (nSPS) is 11.0. The molecule has 5 heteroatoms. The van der Waals surface area contributed by atoms with Crippen molar-refractivity contribution in [1.82, 2.24) is 0 Å². The van der Waals surface area contributed by atoms with Crippen molar-refractivity contribution in [2.45, 2.75) is 26.7 Å². The van der Waals surface area contributed by atoms with Gasteiger partial charge in [0.1, 0.15) is 17.2 Å². The number of rotatable bonds is 8. The third kappa shape index (κ3) is 4.41. The van der Waals surface area contributed by atoms with E-state index in [-0.39, 0.29) is 5.97 Å². The van der Waals surface area contributed by atoms with E-state index in [1.165, 1.54) is 0 Å². The minimum atomic E-state index is -0.315. The number of hydrogen-bond acceptors (Lipinski definition) is 5. The Kier molecular flexibility index (Phi) is 7.29. The summed E-state index contributed by atoms with van der Waals surface area (Å²) in [6.07, 6.45) is 3.22. The average molecular weight is 308 g/mol. The molecule has 0 bridgehead atoms. The molecule has 0 unspecified atom stereocenters. The van der Waals surface area contributed by atoms with Crippen molar-refractivity contribution in [3.05, 3.63) is 23.3 Å². The maximum atomic E-state index is 12.1. The van der Waals surface area contributed by atoms with E-state index >= 15 is 0 Å². The van der Waals surface area contributed by atoms with E-state index in [1.54, 1.807) is 46.5 Å². The molecule has 0 spiro atoms.